The van der Waals surface area contributed by atoms with Gasteiger partial charge in [-0.2, -0.15) is 0 Å². The minimum absolute atomic E-state index is 0.0448. The summed E-state index contributed by atoms with van der Waals surface area (Å²) in [5.74, 6) is 0.285. The van der Waals surface area contributed by atoms with E-state index < -0.39 is 14.8 Å². The van der Waals surface area contributed by atoms with Crippen LogP contribution < -0.4 is 20.7 Å². The Bertz CT molecular complexity index is 825. The number of anilines is 2. The number of nitrogens with zero attached hydrogens (tertiary/aromatic N) is 1. The van der Waals surface area contributed by atoms with Gasteiger partial charge in [-0.15, -0.1) is 0 Å². The molecule has 1 aliphatic heterocycles. The fourth-order valence-electron chi connectivity index (χ4n) is 4.29. The molecular formula is C22H36N4O3S. The lowest BCUT2D eigenvalue weighted by atomic mass is 9.86. The summed E-state index contributed by atoms with van der Waals surface area (Å²) in [6, 6.07) is 8.03. The summed E-state index contributed by atoms with van der Waals surface area (Å²) in [5.41, 5.74) is 7.61. The summed E-state index contributed by atoms with van der Waals surface area (Å²) in [6.07, 6.45) is 5.59. The topological polar surface area (TPSA) is 105 Å². The Kier molecular flexibility index (Phi) is 6.97. The van der Waals surface area contributed by atoms with Gasteiger partial charge in [0, 0.05) is 30.5 Å². The van der Waals surface area contributed by atoms with Crippen LogP contribution in [0, 0.1) is 5.92 Å². The first-order valence-corrected chi connectivity index (χ1v) is 12.5. The van der Waals surface area contributed by atoms with Crippen LogP contribution in [0.4, 0.5) is 11.4 Å². The third kappa shape index (κ3) is 5.46. The number of hydrogen-bond donors (Lipinski definition) is 3. The predicted octanol–water partition coefficient (Wildman–Crippen LogP) is 2.83. The van der Waals surface area contributed by atoms with E-state index >= 15 is 0 Å². The molecular weight excluding hydrogens is 400 g/mol. The van der Waals surface area contributed by atoms with Gasteiger partial charge < -0.3 is 16.0 Å². The lowest BCUT2D eigenvalue weighted by Gasteiger charge is -2.31. The molecule has 1 aromatic rings. The van der Waals surface area contributed by atoms with E-state index in [0.717, 1.165) is 63.0 Å². The minimum atomic E-state index is -3.29. The second-order valence-corrected chi connectivity index (χ2v) is 12.1. The maximum atomic E-state index is 12.3. The molecule has 0 aromatic heterocycles. The molecule has 0 radical (unpaired) electrons. The van der Waals surface area contributed by atoms with Gasteiger partial charge in [0.25, 0.3) is 0 Å². The molecule has 1 saturated heterocycles. The molecule has 7 nitrogen and oxygen atoms in total. The normalized spacial score (nSPS) is 25.3. The molecule has 0 unspecified atom stereocenters. The molecule has 2 fully saturated rings. The molecule has 8 heteroatoms. The molecule has 1 atom stereocenters. The van der Waals surface area contributed by atoms with Crippen LogP contribution in [-0.4, -0.2) is 44.2 Å². The molecule has 0 spiro atoms. The number of carbonyl (C=O) groups is 1. The van der Waals surface area contributed by atoms with Crippen LogP contribution in [-0.2, 0) is 14.8 Å². The average molecular weight is 437 g/mol. The minimum Gasteiger partial charge on any atom is -0.385 e. The van der Waals surface area contributed by atoms with Crippen molar-refractivity contribution in [2.24, 2.45) is 11.7 Å². The van der Waals surface area contributed by atoms with Gasteiger partial charge in [-0.25, -0.2) is 13.1 Å². The lowest BCUT2D eigenvalue weighted by molar-refractivity contribution is -0.119. The maximum absolute atomic E-state index is 12.3. The highest BCUT2D eigenvalue weighted by Crippen LogP contribution is 2.29. The fourth-order valence-corrected chi connectivity index (χ4v) is 5.31. The Morgan fingerprint density at radius 3 is 2.30 bits per heavy atom. The third-order valence-corrected chi connectivity index (χ3v) is 8.61. The van der Waals surface area contributed by atoms with Gasteiger partial charge in [-0.1, -0.05) is 0 Å². The third-order valence-electron chi connectivity index (χ3n) is 6.35. The van der Waals surface area contributed by atoms with Crippen LogP contribution in [0.2, 0.25) is 0 Å². The molecule has 168 valence electrons. The number of primary amides is 1. The van der Waals surface area contributed by atoms with Gasteiger partial charge >= 0.3 is 0 Å². The van der Waals surface area contributed by atoms with E-state index in [0.29, 0.717) is 5.92 Å². The monoisotopic (exact) mass is 436 g/mol. The number of benzene rings is 1. The number of nitrogens with two attached hydrogens (primary N) is 1. The molecule has 1 aromatic carbocycles. The van der Waals surface area contributed by atoms with Gasteiger partial charge in [0.15, 0.2) is 0 Å². The summed E-state index contributed by atoms with van der Waals surface area (Å²) in [7, 11) is -3.29. The number of sulfonamides is 1. The fraction of sp³-hybridized carbons (Fsp3) is 0.682. The van der Waals surface area contributed by atoms with E-state index in [4.69, 9.17) is 5.73 Å². The van der Waals surface area contributed by atoms with Gasteiger partial charge in [0.05, 0.1) is 4.75 Å². The Morgan fingerprint density at radius 1 is 1.10 bits per heavy atom. The van der Waals surface area contributed by atoms with E-state index in [1.165, 1.54) is 0 Å². The molecule has 1 saturated carbocycles. The highest BCUT2D eigenvalue weighted by molar-refractivity contribution is 7.90. The second kappa shape index (κ2) is 9.14. The zero-order chi connectivity index (χ0) is 21.9. The summed E-state index contributed by atoms with van der Waals surface area (Å²) < 4.78 is 26.8. The standard InChI is InChI=1S/C22H36N4O3S/c1-22(2,3)30(28,29)25-18-8-6-16(7-9-18)15-24-17-10-12-19(13-11-17)26-14-4-5-20(26)21(23)27/h10-13,16,18,20,24-25H,4-9,14-15H2,1-3H3,(H2,23,27)/t16?,18?,20-/m0/s1. The van der Waals surface area contributed by atoms with Crippen molar-refractivity contribution in [1.82, 2.24) is 4.72 Å². The lowest BCUT2D eigenvalue weighted by Crippen LogP contribution is -2.46. The van der Waals surface area contributed by atoms with Gasteiger partial charge in [0.2, 0.25) is 15.9 Å². The van der Waals surface area contributed by atoms with Gasteiger partial charge in [-0.05, 0) is 89.5 Å². The first kappa shape index (κ1) is 22.9. The molecule has 1 amide bonds. The zero-order valence-corrected chi connectivity index (χ0v) is 19.2. The Morgan fingerprint density at radius 2 is 1.73 bits per heavy atom. The summed E-state index contributed by atoms with van der Waals surface area (Å²) in [4.78, 5) is 13.7. The Hall–Kier alpha value is -1.80. The van der Waals surface area contributed by atoms with Crippen LogP contribution in [0.1, 0.15) is 59.3 Å². The summed E-state index contributed by atoms with van der Waals surface area (Å²) in [6.45, 7) is 6.93. The van der Waals surface area contributed by atoms with Crippen molar-refractivity contribution in [3.8, 4) is 0 Å². The molecule has 0 bridgehead atoms. The number of carbonyl (C=O) groups excluding carboxylic acids is 1. The molecule has 2 aliphatic rings. The van der Waals surface area contributed by atoms with Crippen molar-refractivity contribution in [3.05, 3.63) is 24.3 Å². The smallest absolute Gasteiger partial charge is 0.240 e. The number of hydrogen-bond acceptors (Lipinski definition) is 5. The van der Waals surface area contributed by atoms with Gasteiger partial charge in [-0.3, -0.25) is 4.79 Å². The predicted molar refractivity (Wildman–Crippen MR) is 122 cm³/mol. The summed E-state index contributed by atoms with van der Waals surface area (Å²) in [5, 5.41) is 3.50. The van der Waals surface area contributed by atoms with Crippen molar-refractivity contribution in [3.63, 3.8) is 0 Å². The second-order valence-electron chi connectivity index (χ2n) is 9.63. The zero-order valence-electron chi connectivity index (χ0n) is 18.4. The molecule has 3 rings (SSSR count). The van der Waals surface area contributed by atoms with E-state index in [1.54, 1.807) is 20.8 Å². The van der Waals surface area contributed by atoms with E-state index in [1.807, 2.05) is 12.1 Å². The van der Waals surface area contributed by atoms with Crippen LogP contribution in [0.3, 0.4) is 0 Å². The van der Waals surface area contributed by atoms with E-state index in [9.17, 15) is 13.2 Å². The van der Waals surface area contributed by atoms with E-state index in [-0.39, 0.29) is 18.0 Å². The molecule has 1 heterocycles. The summed E-state index contributed by atoms with van der Waals surface area (Å²) >= 11 is 0. The number of amides is 1. The SMILES string of the molecule is CC(C)(C)S(=O)(=O)NC1CCC(CNc2ccc(N3CCC[C@H]3C(N)=O)cc2)CC1. The quantitative estimate of drug-likeness (QED) is 0.610. The first-order chi connectivity index (χ1) is 14.1. The maximum Gasteiger partial charge on any atom is 0.240 e. The van der Waals surface area contributed by atoms with Crippen molar-refractivity contribution in [2.45, 2.75) is 76.1 Å². The van der Waals surface area contributed by atoms with E-state index in [2.05, 4.69) is 27.1 Å². The highest BCUT2D eigenvalue weighted by atomic mass is 32.2. The van der Waals surface area contributed by atoms with Gasteiger partial charge in [0.1, 0.15) is 6.04 Å². The van der Waals surface area contributed by atoms with Crippen LogP contribution >= 0.6 is 0 Å². The number of nitrogens with one attached hydrogen (secondary N) is 2. The Balaban J connectivity index is 1.45. The average Bonchev–Trinajstić information content (AvgIpc) is 3.17. The molecule has 30 heavy (non-hydrogen) atoms. The van der Waals surface area contributed by atoms with Crippen molar-refractivity contribution in [2.75, 3.05) is 23.3 Å². The van der Waals surface area contributed by atoms with Crippen molar-refractivity contribution in [1.29, 1.82) is 0 Å². The van der Waals surface area contributed by atoms with Crippen LogP contribution in [0.15, 0.2) is 24.3 Å². The number of rotatable bonds is 7. The highest BCUT2D eigenvalue weighted by Gasteiger charge is 2.33. The molecule has 4 N–H and O–H groups in total. The van der Waals surface area contributed by atoms with Crippen LogP contribution in [0.5, 0.6) is 0 Å². The molecule has 1 aliphatic carbocycles. The van der Waals surface area contributed by atoms with Crippen molar-refractivity contribution >= 4 is 27.3 Å². The Labute approximate surface area is 180 Å². The van der Waals surface area contributed by atoms with Crippen molar-refractivity contribution < 1.29 is 13.2 Å². The van der Waals surface area contributed by atoms with Crippen LogP contribution in [0.25, 0.3) is 0 Å². The largest absolute Gasteiger partial charge is 0.385 e. The first-order valence-electron chi connectivity index (χ1n) is 11.0.